The summed E-state index contributed by atoms with van der Waals surface area (Å²) in [5.74, 6) is 0.0325. The van der Waals surface area contributed by atoms with Gasteiger partial charge >= 0.3 is 6.09 Å². The molecule has 0 radical (unpaired) electrons. The van der Waals surface area contributed by atoms with Crippen LogP contribution >= 0.6 is 11.6 Å². The number of hydrogen-bond acceptors (Lipinski definition) is 6. The van der Waals surface area contributed by atoms with Crippen molar-refractivity contribution < 1.29 is 14.3 Å². The van der Waals surface area contributed by atoms with Crippen LogP contribution in [0.2, 0.25) is 5.15 Å². The van der Waals surface area contributed by atoms with Gasteiger partial charge < -0.3 is 29.2 Å². The number of imidazole rings is 1. The number of aryl methyl sites for hydroxylation is 2. The van der Waals surface area contributed by atoms with Crippen LogP contribution < -0.4 is 10.2 Å². The Balaban J connectivity index is 1.38. The van der Waals surface area contributed by atoms with Gasteiger partial charge in [-0.25, -0.2) is 14.8 Å². The zero-order valence-corrected chi connectivity index (χ0v) is 23.2. The molecule has 1 atom stereocenters. The molecule has 4 aromatic rings. The number of likely N-dealkylation sites (N-methyl/N-ethyl adjacent to an activating group) is 1. The first-order valence-corrected chi connectivity index (χ1v) is 12.9. The minimum atomic E-state index is -0.542. The van der Waals surface area contributed by atoms with E-state index in [1.54, 1.807) is 22.5 Å². The molecule has 1 aliphatic rings. The van der Waals surface area contributed by atoms with E-state index in [2.05, 4.69) is 25.2 Å². The molecule has 2 amide bonds. The highest BCUT2D eigenvalue weighted by Gasteiger charge is 2.32. The number of anilines is 2. The summed E-state index contributed by atoms with van der Waals surface area (Å²) < 4.78 is 7.30. The summed E-state index contributed by atoms with van der Waals surface area (Å²) in [6.45, 7) is 10.9. The van der Waals surface area contributed by atoms with Crippen LogP contribution in [0.25, 0.3) is 16.6 Å². The molecule has 1 saturated heterocycles. The van der Waals surface area contributed by atoms with Gasteiger partial charge in [0.1, 0.15) is 5.60 Å². The van der Waals surface area contributed by atoms with Crippen LogP contribution in [-0.2, 0) is 4.74 Å². The van der Waals surface area contributed by atoms with Crippen molar-refractivity contribution in [3.63, 3.8) is 0 Å². The van der Waals surface area contributed by atoms with Gasteiger partial charge in [0.05, 0.1) is 29.0 Å². The molecule has 5 rings (SSSR count). The van der Waals surface area contributed by atoms with Gasteiger partial charge in [0.15, 0.2) is 16.6 Å². The number of rotatable bonds is 4. The first-order valence-electron chi connectivity index (χ1n) is 12.6. The summed E-state index contributed by atoms with van der Waals surface area (Å²) in [6.07, 6.45) is 4.02. The second-order valence-corrected chi connectivity index (χ2v) is 11.2. The molecule has 0 saturated carbocycles. The first-order chi connectivity index (χ1) is 17.9. The number of aromatic amines is 1. The zero-order valence-electron chi connectivity index (χ0n) is 22.4. The Morgan fingerprint density at radius 1 is 1.21 bits per heavy atom. The molecule has 0 unspecified atom stereocenters. The van der Waals surface area contributed by atoms with Crippen LogP contribution in [0.15, 0.2) is 30.6 Å². The molecule has 0 aliphatic carbocycles. The van der Waals surface area contributed by atoms with Crippen LogP contribution in [0.4, 0.5) is 16.3 Å². The summed E-state index contributed by atoms with van der Waals surface area (Å²) in [7, 11) is 1.79. The van der Waals surface area contributed by atoms with Crippen molar-refractivity contribution in [3.8, 4) is 0 Å². The van der Waals surface area contributed by atoms with E-state index in [1.165, 1.54) is 0 Å². The van der Waals surface area contributed by atoms with E-state index in [0.29, 0.717) is 23.6 Å². The molecular weight excluding hydrogens is 506 g/mol. The molecule has 10 nitrogen and oxygen atoms in total. The largest absolute Gasteiger partial charge is 0.444 e. The number of halogens is 1. The normalized spacial score (nSPS) is 15.9. The van der Waals surface area contributed by atoms with Crippen molar-refractivity contribution in [1.82, 2.24) is 24.3 Å². The van der Waals surface area contributed by atoms with Crippen molar-refractivity contribution in [2.75, 3.05) is 30.4 Å². The molecule has 1 aliphatic heterocycles. The van der Waals surface area contributed by atoms with Crippen LogP contribution in [0.3, 0.4) is 0 Å². The molecule has 1 aromatic carbocycles. The van der Waals surface area contributed by atoms with Crippen molar-refractivity contribution in [2.24, 2.45) is 0 Å². The fraction of sp³-hybridized carbons (Fsp3) is 0.407. The maximum Gasteiger partial charge on any atom is 0.410 e. The quantitative estimate of drug-likeness (QED) is 0.371. The van der Waals surface area contributed by atoms with Crippen molar-refractivity contribution in [1.29, 1.82) is 0 Å². The van der Waals surface area contributed by atoms with Crippen molar-refractivity contribution >= 4 is 51.7 Å². The average molecular weight is 538 g/mol. The lowest BCUT2D eigenvalue weighted by Gasteiger charge is -2.29. The van der Waals surface area contributed by atoms with Crippen LogP contribution in [-0.4, -0.2) is 68.0 Å². The van der Waals surface area contributed by atoms with Gasteiger partial charge in [-0.2, -0.15) is 0 Å². The Bertz CT molecular complexity index is 1550. The number of carbonyl (C=O) groups excluding carboxylic acids is 2. The van der Waals surface area contributed by atoms with Gasteiger partial charge in [-0.3, -0.25) is 4.79 Å². The van der Waals surface area contributed by atoms with Gasteiger partial charge in [-0.15, -0.1) is 0 Å². The smallest absolute Gasteiger partial charge is 0.410 e. The predicted octanol–water partition coefficient (Wildman–Crippen LogP) is 5.18. The van der Waals surface area contributed by atoms with E-state index in [-0.39, 0.29) is 23.2 Å². The second kappa shape index (κ2) is 9.50. The minimum absolute atomic E-state index is 0.0282. The molecule has 3 aromatic heterocycles. The summed E-state index contributed by atoms with van der Waals surface area (Å²) >= 11 is 6.29. The summed E-state index contributed by atoms with van der Waals surface area (Å²) in [6, 6.07) is 5.85. The fourth-order valence-electron chi connectivity index (χ4n) is 4.89. The zero-order chi connectivity index (χ0) is 27.4. The number of benzene rings is 1. The third kappa shape index (κ3) is 5.00. The maximum atomic E-state index is 13.3. The molecule has 200 valence electrons. The van der Waals surface area contributed by atoms with Gasteiger partial charge in [-0.1, -0.05) is 11.6 Å². The molecule has 2 N–H and O–H groups in total. The second-order valence-electron chi connectivity index (χ2n) is 10.8. The number of H-pyrrole nitrogens is 1. The lowest BCUT2D eigenvalue weighted by atomic mass is 10.1. The Kier molecular flexibility index (Phi) is 6.46. The molecule has 0 spiro atoms. The van der Waals surface area contributed by atoms with E-state index in [0.717, 1.165) is 40.9 Å². The number of nitrogens with zero attached hydrogens (tertiary/aromatic N) is 5. The molecule has 1 fully saturated rings. The number of ether oxygens (including phenoxy) is 1. The highest BCUT2D eigenvalue weighted by atomic mass is 35.5. The standard InChI is InChI=1S/C27H32ClN7O3/c1-15-11-19-20(34-10-9-17(13-34)33(6)26(37)38-27(3,4)5)8-7-18(22(19)29-15)25(36)32-21-14-35-12-16(2)30-24(35)23(28)31-21/h7-8,11-12,14,17,29H,9-10,13H2,1-6H3,(H,32,36)/t17-/m1/s1. The van der Waals surface area contributed by atoms with Gasteiger partial charge in [-0.05, 0) is 59.2 Å². The minimum Gasteiger partial charge on any atom is -0.444 e. The lowest BCUT2D eigenvalue weighted by molar-refractivity contribution is 0.0237. The number of aromatic nitrogens is 4. The van der Waals surface area contributed by atoms with E-state index in [4.69, 9.17) is 16.3 Å². The van der Waals surface area contributed by atoms with Crippen molar-refractivity contribution in [2.45, 2.75) is 52.7 Å². The Hall–Kier alpha value is -3.79. The molecule has 11 heteroatoms. The highest BCUT2D eigenvalue weighted by molar-refractivity contribution is 6.32. The third-order valence-electron chi connectivity index (χ3n) is 6.64. The lowest BCUT2D eigenvalue weighted by Crippen LogP contribution is -2.42. The predicted molar refractivity (Wildman–Crippen MR) is 148 cm³/mol. The van der Waals surface area contributed by atoms with Crippen LogP contribution in [0.1, 0.15) is 48.9 Å². The first kappa shape index (κ1) is 25.8. The van der Waals surface area contributed by atoms with E-state index in [1.807, 2.05) is 59.0 Å². The molecular formula is C27H32ClN7O3. The Morgan fingerprint density at radius 3 is 2.71 bits per heavy atom. The summed E-state index contributed by atoms with van der Waals surface area (Å²) in [5, 5.41) is 4.03. The third-order valence-corrected chi connectivity index (χ3v) is 6.90. The average Bonchev–Trinajstić information content (AvgIpc) is 3.54. The maximum absolute atomic E-state index is 13.3. The van der Waals surface area contributed by atoms with E-state index in [9.17, 15) is 9.59 Å². The fourth-order valence-corrected chi connectivity index (χ4v) is 5.12. The van der Waals surface area contributed by atoms with E-state index < -0.39 is 5.60 Å². The monoisotopic (exact) mass is 537 g/mol. The molecule has 38 heavy (non-hydrogen) atoms. The number of fused-ring (bicyclic) bond motifs is 2. The summed E-state index contributed by atoms with van der Waals surface area (Å²) in [5.41, 5.74) is 3.99. The van der Waals surface area contributed by atoms with Crippen LogP contribution in [0, 0.1) is 13.8 Å². The van der Waals surface area contributed by atoms with Crippen LogP contribution in [0.5, 0.6) is 0 Å². The topological polar surface area (TPSA) is 108 Å². The molecule has 4 heterocycles. The Labute approximate surface area is 225 Å². The highest BCUT2D eigenvalue weighted by Crippen LogP contribution is 2.33. The number of amides is 2. The SMILES string of the molecule is Cc1cn2cc(NC(=O)c3ccc(N4CC[C@@H](N(C)C(=O)OC(C)(C)C)C4)c4cc(C)[nH]c34)nc(Cl)c2n1. The van der Waals surface area contributed by atoms with Gasteiger partial charge in [0, 0.05) is 43.1 Å². The number of hydrogen-bond donors (Lipinski definition) is 2. The van der Waals surface area contributed by atoms with E-state index >= 15 is 0 Å². The number of nitrogens with one attached hydrogen (secondary N) is 2. The van der Waals surface area contributed by atoms with Gasteiger partial charge in [0.2, 0.25) is 0 Å². The number of carbonyl (C=O) groups is 2. The van der Waals surface area contributed by atoms with Gasteiger partial charge in [0.25, 0.3) is 5.91 Å². The van der Waals surface area contributed by atoms with Crippen molar-refractivity contribution in [3.05, 3.63) is 52.7 Å². The molecule has 0 bridgehead atoms. The summed E-state index contributed by atoms with van der Waals surface area (Å²) in [4.78, 5) is 41.8. The Morgan fingerprint density at radius 2 is 1.97 bits per heavy atom.